The lowest BCUT2D eigenvalue weighted by Crippen LogP contribution is -2.53. The first-order valence-corrected chi connectivity index (χ1v) is 17.2. The molecule has 280 valence electrons. The Morgan fingerprint density at radius 1 is 1.06 bits per heavy atom. The van der Waals surface area contributed by atoms with Crippen molar-refractivity contribution in [3.8, 4) is 5.75 Å². The number of fused-ring (bicyclic) bond motifs is 1. The van der Waals surface area contributed by atoms with Gasteiger partial charge in [0, 0.05) is 6.20 Å². The van der Waals surface area contributed by atoms with Gasteiger partial charge >= 0.3 is 13.5 Å². The number of nitrogens with two attached hydrogens (primary N) is 3. The molecule has 3 aromatic heterocycles. The molecule has 22 nitrogen and oxygen atoms in total. The molecule has 2 aliphatic rings. The highest BCUT2D eigenvalue weighted by Crippen LogP contribution is 2.49. The number of aliphatic hydroxyl groups is 3. The maximum atomic E-state index is 13.3. The van der Waals surface area contributed by atoms with Gasteiger partial charge in [0.25, 0.3) is 0 Å². The van der Waals surface area contributed by atoms with Crippen LogP contribution < -0.4 is 32.9 Å². The molecule has 52 heavy (non-hydrogen) atoms. The van der Waals surface area contributed by atoms with E-state index in [9.17, 15) is 34.4 Å². The van der Waals surface area contributed by atoms with E-state index in [0.717, 1.165) is 10.1 Å². The summed E-state index contributed by atoms with van der Waals surface area (Å²) >= 11 is 0. The van der Waals surface area contributed by atoms with Crippen molar-refractivity contribution in [3.05, 3.63) is 65.2 Å². The van der Waals surface area contributed by atoms with Gasteiger partial charge in [-0.05, 0) is 30.2 Å². The van der Waals surface area contributed by atoms with Gasteiger partial charge in [-0.3, -0.25) is 23.0 Å². The van der Waals surface area contributed by atoms with Crippen molar-refractivity contribution in [2.75, 3.05) is 31.8 Å². The topological polar surface area (TPSA) is 330 Å². The molecule has 10 atom stereocenters. The number of anilines is 2. The molecule has 0 radical (unpaired) electrons. The summed E-state index contributed by atoms with van der Waals surface area (Å²) in [5, 5.41) is 34.9. The number of carbonyl (C=O) groups is 1. The Kier molecular flexibility index (Phi) is 10.8. The van der Waals surface area contributed by atoms with Gasteiger partial charge in [0.15, 0.2) is 23.9 Å². The molecule has 0 bridgehead atoms. The number of carbonyl (C=O) groups excluding carboxylic acids is 1. The van der Waals surface area contributed by atoms with Gasteiger partial charge in [0.05, 0.1) is 38.7 Å². The molecule has 1 unspecified atom stereocenters. The molecular weight excluding hydrogens is 711 g/mol. The van der Waals surface area contributed by atoms with Crippen molar-refractivity contribution in [3.63, 3.8) is 0 Å². The Balaban J connectivity index is 1.19. The molecule has 23 heteroatoms. The number of nitrogens with zero attached hydrogens (tertiary/aromatic N) is 6. The summed E-state index contributed by atoms with van der Waals surface area (Å²) in [6.45, 7) is -1.55. The van der Waals surface area contributed by atoms with Gasteiger partial charge in [-0.1, -0.05) is 12.1 Å². The Morgan fingerprint density at radius 2 is 1.77 bits per heavy atom. The van der Waals surface area contributed by atoms with E-state index in [-0.39, 0.29) is 29.2 Å². The fourth-order valence-corrected chi connectivity index (χ4v) is 6.89. The first-order chi connectivity index (χ1) is 24.8. The number of hydrogen-bond donors (Lipinski definition) is 8. The molecule has 4 aromatic rings. The summed E-state index contributed by atoms with van der Waals surface area (Å²) in [5.41, 5.74) is 17.9. The molecule has 0 spiro atoms. The summed E-state index contributed by atoms with van der Waals surface area (Å²) in [5.74, 6) is -0.109. The summed E-state index contributed by atoms with van der Waals surface area (Å²) < 4.78 is 42.7. The quantitative estimate of drug-likeness (QED) is 0.0646. The van der Waals surface area contributed by atoms with Crippen molar-refractivity contribution in [2.24, 2.45) is 5.73 Å². The normalized spacial score (nSPS) is 27.7. The lowest BCUT2D eigenvalue weighted by molar-refractivity contribution is -0.124. The molecule has 2 fully saturated rings. The van der Waals surface area contributed by atoms with Crippen molar-refractivity contribution in [1.82, 2.24) is 34.4 Å². The number of aromatic nitrogens is 6. The van der Waals surface area contributed by atoms with Crippen molar-refractivity contribution in [2.45, 2.75) is 61.5 Å². The Labute approximate surface area is 293 Å². The highest BCUT2D eigenvalue weighted by atomic mass is 31.2. The van der Waals surface area contributed by atoms with Crippen LogP contribution in [0.1, 0.15) is 18.0 Å². The smallest absolute Gasteiger partial charge is 0.472 e. The fourth-order valence-electron chi connectivity index (χ4n) is 5.93. The second-order valence-electron chi connectivity index (χ2n) is 11.9. The number of phosphoric ester groups is 1. The minimum Gasteiger partial charge on any atom is -0.497 e. The average molecular weight is 749 g/mol. The number of ether oxygens (including phenoxy) is 3. The van der Waals surface area contributed by atoms with E-state index in [1.807, 2.05) is 0 Å². The monoisotopic (exact) mass is 748 g/mol. The fraction of sp³-hybridized carbons (Fsp3) is 0.448. The molecule has 1 aromatic carbocycles. The van der Waals surface area contributed by atoms with E-state index in [4.69, 9.17) is 40.5 Å². The predicted molar refractivity (Wildman–Crippen MR) is 177 cm³/mol. The van der Waals surface area contributed by atoms with Crippen LogP contribution in [0.5, 0.6) is 5.75 Å². The molecule has 11 N–H and O–H groups in total. The average Bonchev–Trinajstić information content (AvgIpc) is 3.78. The van der Waals surface area contributed by atoms with Gasteiger partial charge in [-0.2, -0.15) is 4.98 Å². The number of rotatable bonds is 13. The van der Waals surface area contributed by atoms with Gasteiger partial charge in [-0.15, -0.1) is 0 Å². The largest absolute Gasteiger partial charge is 0.497 e. The van der Waals surface area contributed by atoms with E-state index < -0.39 is 87.7 Å². The number of benzene rings is 1. The Bertz CT molecular complexity index is 2000. The van der Waals surface area contributed by atoms with Gasteiger partial charge in [0.2, 0.25) is 5.91 Å². The summed E-state index contributed by atoms with van der Waals surface area (Å²) in [4.78, 5) is 52.2. The third-order valence-corrected chi connectivity index (χ3v) is 9.55. The van der Waals surface area contributed by atoms with Gasteiger partial charge < -0.3 is 56.9 Å². The van der Waals surface area contributed by atoms with Crippen molar-refractivity contribution < 1.29 is 52.8 Å². The molecule has 5 heterocycles. The zero-order valence-electron chi connectivity index (χ0n) is 27.4. The van der Waals surface area contributed by atoms with Crippen LogP contribution in [0.2, 0.25) is 0 Å². The third kappa shape index (κ3) is 7.61. The maximum absolute atomic E-state index is 13.3. The van der Waals surface area contributed by atoms with Crippen LogP contribution in [0.4, 0.5) is 11.6 Å². The van der Waals surface area contributed by atoms with E-state index in [0.29, 0.717) is 5.75 Å². The molecule has 2 saturated heterocycles. The maximum Gasteiger partial charge on any atom is 0.472 e. The van der Waals surface area contributed by atoms with E-state index >= 15 is 0 Å². The second kappa shape index (κ2) is 15.2. The summed E-state index contributed by atoms with van der Waals surface area (Å²) in [6, 6.07) is 5.79. The predicted octanol–water partition coefficient (Wildman–Crippen LogP) is -2.68. The van der Waals surface area contributed by atoms with E-state index in [1.54, 1.807) is 24.3 Å². The molecule has 2 aliphatic heterocycles. The van der Waals surface area contributed by atoms with Crippen molar-refractivity contribution in [1.29, 1.82) is 0 Å². The van der Waals surface area contributed by atoms with Crippen LogP contribution in [0.15, 0.2) is 54.0 Å². The second-order valence-corrected chi connectivity index (χ2v) is 13.4. The molecule has 6 rings (SSSR count). The lowest BCUT2D eigenvalue weighted by Gasteiger charge is -2.25. The number of aliphatic hydroxyl groups excluding tert-OH is 3. The molecule has 1 amide bonds. The number of nitrogen functional groups attached to an aromatic ring is 2. The van der Waals surface area contributed by atoms with Crippen LogP contribution in [-0.4, -0.2) is 118 Å². The van der Waals surface area contributed by atoms with E-state index in [2.05, 4.69) is 25.3 Å². The SMILES string of the molecule is COc1ccc(C[C@H](N)C(=O)N[C@H]2[C@@H](O)[C@H](n3cnc4c(N)ncnc43)O[C@@H]2COP(=O)(O)O[C@H]2[C@@H](O)[C@H](n3ccc(N)nc3=O)O[C@@H]2CO)cc1. The zero-order valence-corrected chi connectivity index (χ0v) is 28.2. The highest BCUT2D eigenvalue weighted by molar-refractivity contribution is 7.47. The third-order valence-electron chi connectivity index (χ3n) is 8.57. The number of imidazole rings is 1. The van der Waals surface area contributed by atoms with Gasteiger partial charge in [0.1, 0.15) is 53.9 Å². The van der Waals surface area contributed by atoms with E-state index in [1.165, 1.54) is 36.6 Å². The lowest BCUT2D eigenvalue weighted by atomic mass is 10.0. The first-order valence-electron chi connectivity index (χ1n) is 15.7. The summed E-state index contributed by atoms with van der Waals surface area (Å²) in [6.07, 6.45) is -6.63. The Hall–Kier alpha value is -4.61. The van der Waals surface area contributed by atoms with Crippen LogP contribution in [-0.2, 0) is 34.3 Å². The summed E-state index contributed by atoms with van der Waals surface area (Å²) in [7, 11) is -3.62. The number of phosphoric acid groups is 1. The number of methoxy groups -OCH3 is 1. The molecule has 0 saturated carbocycles. The highest BCUT2D eigenvalue weighted by Gasteiger charge is 2.51. The van der Waals surface area contributed by atoms with Gasteiger partial charge in [-0.25, -0.2) is 24.3 Å². The first kappa shape index (κ1) is 37.2. The number of amides is 1. The molecule has 0 aliphatic carbocycles. The zero-order chi connectivity index (χ0) is 37.3. The van der Waals surface area contributed by atoms with Crippen LogP contribution in [0, 0.1) is 0 Å². The number of hydrogen-bond acceptors (Lipinski definition) is 18. The van der Waals surface area contributed by atoms with Crippen LogP contribution in [0.3, 0.4) is 0 Å². The van der Waals surface area contributed by atoms with Crippen molar-refractivity contribution >= 4 is 36.5 Å². The Morgan fingerprint density at radius 3 is 2.46 bits per heavy atom. The minimum absolute atomic E-state index is 0.0582. The van der Waals surface area contributed by atoms with Crippen LogP contribution in [0.25, 0.3) is 11.2 Å². The standard InChI is InChI=1S/C29H37N10O12P/c1-47-14-4-2-13(3-5-14)8-15(30)26(43)37-19-17(50-27(21(19)41)39-12-35-20-24(32)33-11-34-25(20)39)10-48-52(45,46)51-23-16(9-40)49-28(22(23)42)38-7-6-18(31)36-29(38)44/h2-7,11-12,15-17,19,21-23,27-28,40-42H,8-10,30H2,1H3,(H,37,43)(H,45,46)(H2,31,36,44)(H2,32,33,34)/t15-,16+,17+,19+,21+,22+,23+,27+,28+/m0/s1. The minimum atomic E-state index is -5.14. The number of nitrogens with one attached hydrogen (secondary N) is 1. The molecular formula is C29H37N10O12P. The van der Waals surface area contributed by atoms with Crippen LogP contribution >= 0.6 is 7.82 Å².